The lowest BCUT2D eigenvalue weighted by molar-refractivity contribution is 0.0635. The monoisotopic (exact) mass is 266 g/mol. The Labute approximate surface area is 114 Å². The Balaban J connectivity index is 2.90. The van der Waals surface area contributed by atoms with Gasteiger partial charge >= 0.3 is 6.09 Å². The van der Waals surface area contributed by atoms with Crippen LogP contribution in [0.5, 0.6) is 0 Å². The zero-order valence-corrected chi connectivity index (χ0v) is 12.2. The first-order valence-electron chi connectivity index (χ1n) is 6.15. The maximum Gasteiger partial charge on any atom is 0.412 e. The Morgan fingerprint density at radius 1 is 1.32 bits per heavy atom. The summed E-state index contributed by atoms with van der Waals surface area (Å²) in [4.78, 5) is 16.4. The van der Waals surface area contributed by atoms with Crippen LogP contribution >= 0.6 is 0 Å². The lowest BCUT2D eigenvalue weighted by Crippen LogP contribution is -2.27. The van der Waals surface area contributed by atoms with E-state index in [0.29, 0.717) is 12.3 Å². The predicted octanol–water partition coefficient (Wildman–Crippen LogP) is 3.04. The van der Waals surface area contributed by atoms with Crippen LogP contribution in [0.15, 0.2) is 12.1 Å². The molecule has 1 amide bonds. The fourth-order valence-corrected chi connectivity index (χ4v) is 1.66. The minimum atomic E-state index is -0.523. The lowest BCUT2D eigenvalue weighted by atomic mass is 10.0. The van der Waals surface area contributed by atoms with E-state index >= 15 is 0 Å². The summed E-state index contributed by atoms with van der Waals surface area (Å²) in [5.41, 5.74) is 3.13. The minimum Gasteiger partial charge on any atom is -0.444 e. The molecule has 0 heterocycles. The quantitative estimate of drug-likeness (QED) is 0.825. The summed E-state index contributed by atoms with van der Waals surface area (Å²) in [7, 11) is 0. The topological polar surface area (TPSA) is 73.6 Å². The van der Waals surface area contributed by atoms with Crippen LogP contribution in [0.25, 0.3) is 0 Å². The second kappa shape index (κ2) is 6.04. The summed E-state index contributed by atoms with van der Waals surface area (Å²) in [6, 6.07) is 3.81. The molecular formula is C14H22N2O3. The SMILES string of the molecule is Cc1cc(CON)cc(NC(=O)OC(C)(C)C)c1C. The molecule has 106 valence electrons. The molecule has 0 atom stereocenters. The molecule has 0 aromatic heterocycles. The molecule has 5 nitrogen and oxygen atoms in total. The van der Waals surface area contributed by atoms with Crippen molar-refractivity contribution in [1.29, 1.82) is 0 Å². The van der Waals surface area contributed by atoms with Crippen molar-refractivity contribution in [3.63, 3.8) is 0 Å². The zero-order chi connectivity index (χ0) is 14.6. The van der Waals surface area contributed by atoms with Gasteiger partial charge in [0.15, 0.2) is 0 Å². The highest BCUT2D eigenvalue weighted by Crippen LogP contribution is 2.22. The first-order valence-corrected chi connectivity index (χ1v) is 6.15. The van der Waals surface area contributed by atoms with Gasteiger partial charge in [0.05, 0.1) is 6.61 Å². The Bertz CT molecular complexity index is 464. The summed E-state index contributed by atoms with van der Waals surface area (Å²) < 4.78 is 5.23. The van der Waals surface area contributed by atoms with Gasteiger partial charge in [0.1, 0.15) is 5.60 Å². The largest absolute Gasteiger partial charge is 0.444 e. The normalized spacial score (nSPS) is 11.3. The molecule has 0 aliphatic heterocycles. The molecule has 0 aliphatic carbocycles. The first kappa shape index (κ1) is 15.5. The van der Waals surface area contributed by atoms with E-state index in [0.717, 1.165) is 16.7 Å². The summed E-state index contributed by atoms with van der Waals surface area (Å²) >= 11 is 0. The second-order valence-electron chi connectivity index (χ2n) is 5.52. The van der Waals surface area contributed by atoms with Crippen LogP contribution in [-0.4, -0.2) is 11.7 Å². The lowest BCUT2D eigenvalue weighted by Gasteiger charge is -2.20. The van der Waals surface area contributed by atoms with Gasteiger partial charge in [0, 0.05) is 5.69 Å². The number of rotatable bonds is 3. The van der Waals surface area contributed by atoms with Gasteiger partial charge in [-0.3, -0.25) is 10.2 Å². The van der Waals surface area contributed by atoms with E-state index < -0.39 is 11.7 Å². The van der Waals surface area contributed by atoms with E-state index in [1.165, 1.54) is 0 Å². The number of benzene rings is 1. The minimum absolute atomic E-state index is 0.296. The number of ether oxygens (including phenoxy) is 1. The molecule has 19 heavy (non-hydrogen) atoms. The number of amides is 1. The highest BCUT2D eigenvalue weighted by molar-refractivity contribution is 5.86. The van der Waals surface area contributed by atoms with E-state index in [4.69, 9.17) is 10.6 Å². The van der Waals surface area contributed by atoms with E-state index in [1.807, 2.05) is 46.8 Å². The van der Waals surface area contributed by atoms with Gasteiger partial charge in [-0.15, -0.1) is 0 Å². The Hall–Kier alpha value is -1.59. The van der Waals surface area contributed by atoms with Gasteiger partial charge in [0.2, 0.25) is 0 Å². The fraction of sp³-hybridized carbons (Fsp3) is 0.500. The molecule has 1 aromatic carbocycles. The van der Waals surface area contributed by atoms with Crippen LogP contribution in [0.4, 0.5) is 10.5 Å². The van der Waals surface area contributed by atoms with Crippen LogP contribution < -0.4 is 11.2 Å². The number of hydrogen-bond donors (Lipinski definition) is 2. The average molecular weight is 266 g/mol. The van der Waals surface area contributed by atoms with Crippen molar-refractivity contribution in [2.45, 2.75) is 46.8 Å². The molecule has 0 radical (unpaired) electrons. The van der Waals surface area contributed by atoms with Gasteiger partial charge in [-0.05, 0) is 57.4 Å². The number of nitrogens with one attached hydrogen (secondary N) is 1. The Morgan fingerprint density at radius 3 is 2.47 bits per heavy atom. The van der Waals surface area contributed by atoms with Crippen LogP contribution in [-0.2, 0) is 16.2 Å². The van der Waals surface area contributed by atoms with Crippen LogP contribution in [0.1, 0.15) is 37.5 Å². The van der Waals surface area contributed by atoms with Gasteiger partial charge in [-0.1, -0.05) is 6.07 Å². The van der Waals surface area contributed by atoms with E-state index in [9.17, 15) is 4.79 Å². The number of nitrogens with two attached hydrogens (primary N) is 1. The fourth-order valence-electron chi connectivity index (χ4n) is 1.66. The van der Waals surface area contributed by atoms with Gasteiger partial charge < -0.3 is 4.74 Å². The third kappa shape index (κ3) is 4.89. The third-order valence-electron chi connectivity index (χ3n) is 2.61. The van der Waals surface area contributed by atoms with Crippen molar-refractivity contribution in [2.24, 2.45) is 5.90 Å². The molecule has 0 bridgehead atoms. The zero-order valence-electron chi connectivity index (χ0n) is 12.2. The maximum atomic E-state index is 11.8. The standard InChI is InChI=1S/C14H22N2O3/c1-9-6-11(8-18-15)7-12(10(9)2)16-13(17)19-14(3,4)5/h6-7H,8,15H2,1-5H3,(H,16,17). The molecule has 0 unspecified atom stereocenters. The summed E-state index contributed by atoms with van der Waals surface area (Å²) in [5.74, 6) is 5.07. The van der Waals surface area contributed by atoms with Crippen molar-refractivity contribution in [3.05, 3.63) is 28.8 Å². The molecule has 3 N–H and O–H groups in total. The van der Waals surface area contributed by atoms with Crippen LogP contribution in [0, 0.1) is 13.8 Å². The first-order chi connectivity index (χ1) is 8.73. The van der Waals surface area contributed by atoms with E-state index in [2.05, 4.69) is 10.2 Å². The molecule has 1 aromatic rings. The van der Waals surface area contributed by atoms with Crippen molar-refractivity contribution < 1.29 is 14.4 Å². The molecular weight excluding hydrogens is 244 g/mol. The maximum absolute atomic E-state index is 11.8. The number of anilines is 1. The predicted molar refractivity (Wildman–Crippen MR) is 74.7 cm³/mol. The molecule has 1 rings (SSSR count). The Kier molecular flexibility index (Phi) is 4.91. The molecule has 0 aliphatic rings. The Morgan fingerprint density at radius 2 is 1.95 bits per heavy atom. The van der Waals surface area contributed by atoms with E-state index in [1.54, 1.807) is 0 Å². The molecule has 0 saturated heterocycles. The van der Waals surface area contributed by atoms with E-state index in [-0.39, 0.29) is 0 Å². The third-order valence-corrected chi connectivity index (χ3v) is 2.61. The number of carbonyl (C=O) groups excluding carboxylic acids is 1. The number of aryl methyl sites for hydroxylation is 1. The summed E-state index contributed by atoms with van der Waals surface area (Å²) in [6.45, 7) is 9.67. The molecule has 0 saturated carbocycles. The van der Waals surface area contributed by atoms with Crippen molar-refractivity contribution >= 4 is 11.8 Å². The smallest absolute Gasteiger partial charge is 0.412 e. The molecule has 5 heteroatoms. The second-order valence-corrected chi connectivity index (χ2v) is 5.52. The number of carbonyl (C=O) groups is 1. The molecule has 0 fully saturated rings. The average Bonchev–Trinajstić information content (AvgIpc) is 2.23. The van der Waals surface area contributed by atoms with Crippen molar-refractivity contribution in [1.82, 2.24) is 0 Å². The summed E-state index contributed by atoms with van der Waals surface area (Å²) in [5, 5.41) is 2.75. The van der Waals surface area contributed by atoms with Crippen molar-refractivity contribution in [3.8, 4) is 0 Å². The van der Waals surface area contributed by atoms with Gasteiger partial charge in [0.25, 0.3) is 0 Å². The van der Waals surface area contributed by atoms with Crippen LogP contribution in [0.2, 0.25) is 0 Å². The molecule has 0 spiro atoms. The van der Waals surface area contributed by atoms with Gasteiger partial charge in [-0.25, -0.2) is 10.7 Å². The number of hydrogen-bond acceptors (Lipinski definition) is 4. The van der Waals surface area contributed by atoms with Crippen LogP contribution in [0.3, 0.4) is 0 Å². The van der Waals surface area contributed by atoms with Gasteiger partial charge in [-0.2, -0.15) is 0 Å². The summed E-state index contributed by atoms with van der Waals surface area (Å²) in [6.07, 6.45) is -0.471. The highest BCUT2D eigenvalue weighted by Gasteiger charge is 2.17. The highest BCUT2D eigenvalue weighted by atomic mass is 16.6. The van der Waals surface area contributed by atoms with Crippen molar-refractivity contribution in [2.75, 3.05) is 5.32 Å².